The zero-order valence-electron chi connectivity index (χ0n) is 15.3. The summed E-state index contributed by atoms with van der Waals surface area (Å²) in [6.07, 6.45) is 2.77. The number of amides is 1. The van der Waals surface area contributed by atoms with Crippen LogP contribution in [0.1, 0.15) is 42.0 Å². The number of aryl methyl sites for hydroxylation is 1. The van der Waals surface area contributed by atoms with E-state index >= 15 is 0 Å². The van der Waals surface area contributed by atoms with E-state index < -0.39 is 0 Å². The molecule has 1 heterocycles. The number of hydrogen-bond donors (Lipinski definition) is 1. The predicted molar refractivity (Wildman–Crippen MR) is 108 cm³/mol. The maximum Gasteiger partial charge on any atom is 0.252 e. The predicted octanol–water partition coefficient (Wildman–Crippen LogP) is 4.63. The number of rotatable bonds is 9. The molecule has 0 spiro atoms. The molecule has 3 aromatic rings. The van der Waals surface area contributed by atoms with Crippen LogP contribution in [0.25, 0.3) is 0 Å². The van der Waals surface area contributed by atoms with Gasteiger partial charge in [0.05, 0.1) is 0 Å². The molecule has 0 bridgehead atoms. The molecule has 0 unspecified atom stereocenters. The molecule has 0 fully saturated rings. The van der Waals surface area contributed by atoms with Crippen molar-refractivity contribution in [1.82, 2.24) is 10.2 Å². The van der Waals surface area contributed by atoms with Crippen molar-refractivity contribution in [3.63, 3.8) is 0 Å². The Morgan fingerprint density at radius 1 is 1.04 bits per heavy atom. The molecule has 2 aromatic carbocycles. The second-order valence-electron chi connectivity index (χ2n) is 6.17. The number of nitrogens with zero attached hydrogens (tertiary/aromatic N) is 2. The Morgan fingerprint density at radius 3 is 2.26 bits per heavy atom. The SMILES string of the molecule is CCCCc1nnc(NC(=O)COC(c2ccccc2)c2ccccc2)s1. The molecule has 0 radical (unpaired) electrons. The van der Waals surface area contributed by atoms with Crippen molar-refractivity contribution in [2.75, 3.05) is 11.9 Å². The first-order valence-corrected chi connectivity index (χ1v) is 9.91. The summed E-state index contributed by atoms with van der Waals surface area (Å²) >= 11 is 1.42. The van der Waals surface area contributed by atoms with E-state index in [1.54, 1.807) is 0 Å². The molecule has 27 heavy (non-hydrogen) atoms. The lowest BCUT2D eigenvalue weighted by Gasteiger charge is -2.18. The van der Waals surface area contributed by atoms with Crippen molar-refractivity contribution in [2.45, 2.75) is 32.3 Å². The van der Waals surface area contributed by atoms with E-state index in [-0.39, 0.29) is 18.6 Å². The lowest BCUT2D eigenvalue weighted by atomic mass is 10.0. The normalized spacial score (nSPS) is 10.9. The number of benzene rings is 2. The topological polar surface area (TPSA) is 64.1 Å². The lowest BCUT2D eigenvalue weighted by Crippen LogP contribution is -2.20. The summed E-state index contributed by atoms with van der Waals surface area (Å²) in [7, 11) is 0. The Balaban J connectivity index is 1.61. The van der Waals surface area contributed by atoms with Crippen LogP contribution in [-0.4, -0.2) is 22.7 Å². The number of aromatic nitrogens is 2. The third kappa shape index (κ3) is 5.70. The highest BCUT2D eigenvalue weighted by Gasteiger charge is 2.17. The van der Waals surface area contributed by atoms with Crippen LogP contribution in [0.2, 0.25) is 0 Å². The second kappa shape index (κ2) is 9.94. The van der Waals surface area contributed by atoms with Gasteiger partial charge in [0, 0.05) is 6.42 Å². The number of nitrogens with one attached hydrogen (secondary N) is 1. The van der Waals surface area contributed by atoms with E-state index in [4.69, 9.17) is 4.74 Å². The monoisotopic (exact) mass is 381 g/mol. The van der Waals surface area contributed by atoms with Crippen LogP contribution in [0, 0.1) is 0 Å². The van der Waals surface area contributed by atoms with Crippen LogP contribution >= 0.6 is 11.3 Å². The molecule has 0 aliphatic rings. The van der Waals surface area contributed by atoms with E-state index in [2.05, 4.69) is 22.4 Å². The highest BCUT2D eigenvalue weighted by atomic mass is 32.1. The molecule has 0 saturated carbocycles. The average Bonchev–Trinajstić information content (AvgIpc) is 3.15. The Bertz CT molecular complexity index is 797. The quantitative estimate of drug-likeness (QED) is 0.587. The molecule has 5 nitrogen and oxygen atoms in total. The van der Waals surface area contributed by atoms with Crippen molar-refractivity contribution in [2.24, 2.45) is 0 Å². The van der Waals surface area contributed by atoms with Crippen LogP contribution < -0.4 is 5.32 Å². The van der Waals surface area contributed by atoms with Gasteiger partial charge in [-0.1, -0.05) is 85.3 Å². The first-order chi connectivity index (χ1) is 13.3. The van der Waals surface area contributed by atoms with Crippen LogP contribution in [0.15, 0.2) is 60.7 Å². The zero-order valence-corrected chi connectivity index (χ0v) is 16.1. The molecular formula is C21H23N3O2S. The Labute approximate surface area is 163 Å². The molecule has 0 saturated heterocycles. The van der Waals surface area contributed by atoms with Gasteiger partial charge in [0.2, 0.25) is 5.13 Å². The standard InChI is InChI=1S/C21H23N3O2S/c1-2-3-14-19-23-24-21(27-19)22-18(25)15-26-20(16-10-6-4-7-11-16)17-12-8-5-9-13-17/h4-13,20H,2-3,14-15H2,1H3,(H,22,24,25). The van der Waals surface area contributed by atoms with Gasteiger partial charge in [0.15, 0.2) is 0 Å². The summed E-state index contributed by atoms with van der Waals surface area (Å²) in [6.45, 7) is 2.08. The lowest BCUT2D eigenvalue weighted by molar-refractivity contribution is -0.121. The summed E-state index contributed by atoms with van der Waals surface area (Å²) in [4.78, 5) is 12.3. The van der Waals surface area contributed by atoms with Gasteiger partial charge in [-0.25, -0.2) is 0 Å². The highest BCUT2D eigenvalue weighted by Crippen LogP contribution is 2.25. The molecule has 1 N–H and O–H groups in total. The first kappa shape index (κ1) is 19.2. The fourth-order valence-electron chi connectivity index (χ4n) is 2.69. The van der Waals surface area contributed by atoms with Gasteiger partial charge < -0.3 is 4.74 Å². The van der Waals surface area contributed by atoms with Crippen molar-refractivity contribution in [1.29, 1.82) is 0 Å². The summed E-state index contributed by atoms with van der Waals surface area (Å²) in [5.74, 6) is -0.231. The van der Waals surface area contributed by atoms with Gasteiger partial charge >= 0.3 is 0 Å². The highest BCUT2D eigenvalue weighted by molar-refractivity contribution is 7.15. The molecular weight excluding hydrogens is 358 g/mol. The Morgan fingerprint density at radius 2 is 1.67 bits per heavy atom. The van der Waals surface area contributed by atoms with E-state index in [1.165, 1.54) is 11.3 Å². The number of unbranched alkanes of at least 4 members (excludes halogenated alkanes) is 1. The van der Waals surface area contributed by atoms with E-state index in [9.17, 15) is 4.79 Å². The fraction of sp³-hybridized carbons (Fsp3) is 0.286. The third-order valence-electron chi connectivity index (χ3n) is 4.04. The maximum atomic E-state index is 12.3. The minimum atomic E-state index is -0.298. The molecule has 0 atom stereocenters. The molecule has 1 amide bonds. The van der Waals surface area contributed by atoms with Crippen molar-refractivity contribution < 1.29 is 9.53 Å². The van der Waals surface area contributed by atoms with Gasteiger partial charge in [-0.05, 0) is 17.5 Å². The molecule has 1 aromatic heterocycles. The molecule has 0 aliphatic heterocycles. The Kier molecular flexibility index (Phi) is 7.07. The zero-order chi connectivity index (χ0) is 18.9. The third-order valence-corrected chi connectivity index (χ3v) is 4.94. The molecule has 3 rings (SSSR count). The summed E-state index contributed by atoms with van der Waals surface area (Å²) in [6, 6.07) is 19.8. The number of ether oxygens (including phenoxy) is 1. The second-order valence-corrected chi connectivity index (χ2v) is 7.23. The number of carbonyl (C=O) groups excluding carboxylic acids is 1. The van der Waals surface area contributed by atoms with Gasteiger partial charge in [0.25, 0.3) is 5.91 Å². The van der Waals surface area contributed by atoms with Crippen LogP contribution in [0.5, 0.6) is 0 Å². The smallest absolute Gasteiger partial charge is 0.252 e. The summed E-state index contributed by atoms with van der Waals surface area (Å²) in [5, 5.41) is 12.4. The fourth-order valence-corrected chi connectivity index (χ4v) is 3.49. The minimum absolute atomic E-state index is 0.0572. The molecule has 0 aliphatic carbocycles. The van der Waals surface area contributed by atoms with Crippen LogP contribution in [0.4, 0.5) is 5.13 Å². The number of anilines is 1. The minimum Gasteiger partial charge on any atom is -0.359 e. The van der Waals surface area contributed by atoms with Gasteiger partial charge in [-0.3, -0.25) is 10.1 Å². The van der Waals surface area contributed by atoms with Gasteiger partial charge in [-0.15, -0.1) is 10.2 Å². The van der Waals surface area contributed by atoms with Crippen molar-refractivity contribution in [3.05, 3.63) is 76.8 Å². The number of carbonyl (C=O) groups is 1. The molecule has 140 valence electrons. The first-order valence-electron chi connectivity index (χ1n) is 9.10. The maximum absolute atomic E-state index is 12.3. The average molecular weight is 382 g/mol. The van der Waals surface area contributed by atoms with E-state index in [0.29, 0.717) is 5.13 Å². The van der Waals surface area contributed by atoms with Gasteiger partial charge in [0.1, 0.15) is 17.7 Å². The molecule has 6 heteroatoms. The van der Waals surface area contributed by atoms with Crippen LogP contribution in [-0.2, 0) is 16.0 Å². The Hall–Kier alpha value is -2.57. The number of hydrogen-bond acceptors (Lipinski definition) is 5. The van der Waals surface area contributed by atoms with E-state index in [0.717, 1.165) is 35.4 Å². The summed E-state index contributed by atoms with van der Waals surface area (Å²) in [5.41, 5.74) is 2.02. The summed E-state index contributed by atoms with van der Waals surface area (Å²) < 4.78 is 5.96. The van der Waals surface area contributed by atoms with Gasteiger partial charge in [-0.2, -0.15) is 0 Å². The van der Waals surface area contributed by atoms with Crippen molar-refractivity contribution >= 4 is 22.4 Å². The largest absolute Gasteiger partial charge is 0.359 e. The van der Waals surface area contributed by atoms with E-state index in [1.807, 2.05) is 60.7 Å². The van der Waals surface area contributed by atoms with Crippen molar-refractivity contribution in [3.8, 4) is 0 Å². The van der Waals surface area contributed by atoms with Crippen LogP contribution in [0.3, 0.4) is 0 Å².